The predicted octanol–water partition coefficient (Wildman–Crippen LogP) is -0.775. The molecule has 0 saturated heterocycles. The molecule has 1 heterocycles. The first-order valence-corrected chi connectivity index (χ1v) is 3.30. The lowest BCUT2D eigenvalue weighted by molar-refractivity contribution is -0.114. The van der Waals surface area contributed by atoms with Crippen LogP contribution in [-0.2, 0) is 4.79 Å². The lowest BCUT2D eigenvalue weighted by Gasteiger charge is -2.13. The minimum Gasteiger partial charge on any atom is -0.390 e. The van der Waals surface area contributed by atoms with Gasteiger partial charge in [-0.15, -0.1) is 0 Å². The van der Waals surface area contributed by atoms with Gasteiger partial charge in [0.1, 0.15) is 0 Å². The highest BCUT2D eigenvalue weighted by Gasteiger charge is 2.11. The van der Waals surface area contributed by atoms with Crippen molar-refractivity contribution < 1.29 is 9.90 Å². The average molecular weight is 154 g/mol. The number of carbonyl (C=O) groups is 1. The van der Waals surface area contributed by atoms with Crippen molar-refractivity contribution >= 4 is 5.91 Å². The molecule has 1 aliphatic heterocycles. The quantitative estimate of drug-likeness (QED) is 0.488. The second-order valence-corrected chi connectivity index (χ2v) is 2.23. The number of dihydropyridines is 1. The number of allylic oxidation sites excluding steroid dienone is 1. The number of carbonyl (C=O) groups excluding carboxylic acids is 1. The molecule has 0 aromatic heterocycles. The molecule has 0 unspecified atom stereocenters. The van der Waals surface area contributed by atoms with Gasteiger partial charge in [0.05, 0.1) is 6.61 Å². The van der Waals surface area contributed by atoms with E-state index in [4.69, 9.17) is 10.8 Å². The molecule has 1 aliphatic rings. The number of aliphatic hydroxyl groups excluding tert-OH is 1. The zero-order valence-corrected chi connectivity index (χ0v) is 6.00. The third kappa shape index (κ3) is 1.59. The molecular weight excluding hydrogens is 144 g/mol. The summed E-state index contributed by atoms with van der Waals surface area (Å²) in [4.78, 5) is 10.7. The molecule has 0 fully saturated rings. The number of hydrogen-bond acceptors (Lipinski definition) is 3. The van der Waals surface area contributed by atoms with Gasteiger partial charge in [-0.2, -0.15) is 0 Å². The van der Waals surface area contributed by atoms with Crippen LogP contribution < -0.4 is 11.1 Å². The van der Waals surface area contributed by atoms with E-state index in [-0.39, 0.29) is 6.61 Å². The van der Waals surface area contributed by atoms with E-state index >= 15 is 0 Å². The summed E-state index contributed by atoms with van der Waals surface area (Å²) in [6, 6.07) is 0. The first kappa shape index (κ1) is 7.81. The maximum atomic E-state index is 10.7. The van der Waals surface area contributed by atoms with Crippen LogP contribution in [0.5, 0.6) is 0 Å². The van der Waals surface area contributed by atoms with Crippen molar-refractivity contribution in [2.45, 2.75) is 6.42 Å². The van der Waals surface area contributed by atoms with Gasteiger partial charge >= 0.3 is 0 Å². The van der Waals surface area contributed by atoms with Crippen molar-refractivity contribution in [3.8, 4) is 0 Å². The largest absolute Gasteiger partial charge is 0.390 e. The minimum atomic E-state index is -0.481. The SMILES string of the molecule is NC(=O)C1=C(CO)NC=CC1. The van der Waals surface area contributed by atoms with E-state index in [9.17, 15) is 4.79 Å². The van der Waals surface area contributed by atoms with Crippen LogP contribution in [0.3, 0.4) is 0 Å². The summed E-state index contributed by atoms with van der Waals surface area (Å²) in [5, 5.41) is 11.5. The highest BCUT2D eigenvalue weighted by Crippen LogP contribution is 2.10. The van der Waals surface area contributed by atoms with Gasteiger partial charge in [-0.1, -0.05) is 6.08 Å². The fourth-order valence-corrected chi connectivity index (χ4v) is 0.937. The Hall–Kier alpha value is -1.29. The third-order valence-corrected chi connectivity index (χ3v) is 1.52. The Morgan fingerprint density at radius 1 is 1.82 bits per heavy atom. The summed E-state index contributed by atoms with van der Waals surface area (Å²) in [6.07, 6.45) is 3.95. The molecule has 0 bridgehead atoms. The Morgan fingerprint density at radius 2 is 2.55 bits per heavy atom. The molecule has 0 aromatic carbocycles. The van der Waals surface area contributed by atoms with Gasteiger partial charge in [0, 0.05) is 11.3 Å². The van der Waals surface area contributed by atoms with Gasteiger partial charge in [0.2, 0.25) is 5.91 Å². The highest BCUT2D eigenvalue weighted by atomic mass is 16.3. The number of aliphatic hydroxyl groups is 1. The minimum absolute atomic E-state index is 0.178. The van der Waals surface area contributed by atoms with Crippen LogP contribution in [-0.4, -0.2) is 17.6 Å². The molecule has 4 N–H and O–H groups in total. The van der Waals surface area contributed by atoms with Crippen LogP contribution >= 0.6 is 0 Å². The summed E-state index contributed by atoms with van der Waals surface area (Å²) in [5.41, 5.74) is 6.01. The molecule has 1 rings (SSSR count). The molecule has 0 atom stereocenters. The molecule has 0 radical (unpaired) electrons. The van der Waals surface area contributed by atoms with Gasteiger partial charge in [0.15, 0.2) is 0 Å². The van der Waals surface area contributed by atoms with E-state index in [1.54, 1.807) is 12.3 Å². The number of primary amides is 1. The van der Waals surface area contributed by atoms with Gasteiger partial charge in [-0.05, 0) is 12.6 Å². The van der Waals surface area contributed by atoms with Crippen LogP contribution in [0.1, 0.15) is 6.42 Å². The number of amides is 1. The summed E-state index contributed by atoms with van der Waals surface area (Å²) < 4.78 is 0. The lowest BCUT2D eigenvalue weighted by atomic mass is 10.1. The van der Waals surface area contributed by atoms with Crippen molar-refractivity contribution in [2.75, 3.05) is 6.61 Å². The molecule has 4 nitrogen and oxygen atoms in total. The molecule has 0 aliphatic carbocycles. The number of hydrogen-bond donors (Lipinski definition) is 3. The van der Waals surface area contributed by atoms with Crippen LogP contribution in [0, 0.1) is 0 Å². The summed E-state index contributed by atoms with van der Waals surface area (Å²) in [5.74, 6) is -0.481. The maximum absolute atomic E-state index is 10.7. The van der Waals surface area contributed by atoms with Gasteiger partial charge in [-0.25, -0.2) is 0 Å². The molecule has 1 amide bonds. The second-order valence-electron chi connectivity index (χ2n) is 2.23. The molecule has 60 valence electrons. The van der Waals surface area contributed by atoms with Crippen molar-refractivity contribution in [2.24, 2.45) is 5.73 Å². The van der Waals surface area contributed by atoms with Crippen LogP contribution in [0.2, 0.25) is 0 Å². The lowest BCUT2D eigenvalue weighted by Crippen LogP contribution is -2.24. The molecule has 11 heavy (non-hydrogen) atoms. The highest BCUT2D eigenvalue weighted by molar-refractivity contribution is 5.93. The summed E-state index contributed by atoms with van der Waals surface area (Å²) in [6.45, 7) is -0.178. The fraction of sp³-hybridized carbons (Fsp3) is 0.286. The van der Waals surface area contributed by atoms with Crippen LogP contribution in [0.25, 0.3) is 0 Å². The average Bonchev–Trinajstić information content (AvgIpc) is 2.04. The number of nitrogens with one attached hydrogen (secondary N) is 1. The summed E-state index contributed by atoms with van der Waals surface area (Å²) in [7, 11) is 0. The molecule has 0 aromatic rings. The second kappa shape index (κ2) is 3.21. The molecule has 0 saturated carbocycles. The van der Waals surface area contributed by atoms with E-state index in [2.05, 4.69) is 5.32 Å². The monoisotopic (exact) mass is 154 g/mol. The Balaban J connectivity index is 2.84. The van der Waals surface area contributed by atoms with Crippen LogP contribution in [0.4, 0.5) is 0 Å². The smallest absolute Gasteiger partial charge is 0.246 e. The fourth-order valence-electron chi connectivity index (χ4n) is 0.937. The van der Waals surface area contributed by atoms with Crippen molar-refractivity contribution in [3.05, 3.63) is 23.5 Å². The Labute approximate surface area is 64.4 Å². The maximum Gasteiger partial charge on any atom is 0.246 e. The number of nitrogens with two attached hydrogens (primary N) is 1. The molecule has 0 spiro atoms. The zero-order valence-electron chi connectivity index (χ0n) is 6.00. The third-order valence-electron chi connectivity index (χ3n) is 1.52. The van der Waals surface area contributed by atoms with E-state index in [0.717, 1.165) is 0 Å². The Bertz CT molecular complexity index is 231. The Morgan fingerprint density at radius 3 is 3.00 bits per heavy atom. The van der Waals surface area contributed by atoms with Crippen molar-refractivity contribution in [1.29, 1.82) is 0 Å². The Kier molecular flexibility index (Phi) is 2.28. The van der Waals surface area contributed by atoms with Crippen LogP contribution in [0.15, 0.2) is 23.5 Å². The predicted molar refractivity (Wildman–Crippen MR) is 40.2 cm³/mol. The summed E-state index contributed by atoms with van der Waals surface area (Å²) >= 11 is 0. The molecule has 4 heteroatoms. The first-order chi connectivity index (χ1) is 5.25. The van der Waals surface area contributed by atoms with E-state index in [1.807, 2.05) is 0 Å². The standard InChI is InChI=1S/C7H10N2O2/c8-7(11)5-2-1-3-9-6(5)4-10/h1,3,9-10H,2,4H2,(H2,8,11). The van der Waals surface area contributed by atoms with E-state index < -0.39 is 5.91 Å². The van der Waals surface area contributed by atoms with E-state index in [1.165, 1.54) is 0 Å². The van der Waals surface area contributed by atoms with Gasteiger partial charge in [0.25, 0.3) is 0 Å². The van der Waals surface area contributed by atoms with Crippen molar-refractivity contribution in [1.82, 2.24) is 5.32 Å². The zero-order chi connectivity index (χ0) is 8.27. The van der Waals surface area contributed by atoms with Crippen molar-refractivity contribution in [3.63, 3.8) is 0 Å². The number of rotatable bonds is 2. The first-order valence-electron chi connectivity index (χ1n) is 3.30. The van der Waals surface area contributed by atoms with E-state index in [0.29, 0.717) is 17.7 Å². The molecular formula is C7H10N2O2. The topological polar surface area (TPSA) is 75.4 Å². The van der Waals surface area contributed by atoms with Gasteiger partial charge in [-0.3, -0.25) is 4.79 Å². The normalized spacial score (nSPS) is 16.5. The van der Waals surface area contributed by atoms with Gasteiger partial charge < -0.3 is 16.2 Å².